The second-order valence-electron chi connectivity index (χ2n) is 4.87. The van der Waals surface area contributed by atoms with E-state index >= 15 is 0 Å². The van der Waals surface area contributed by atoms with Crippen molar-refractivity contribution >= 4 is 66.4 Å². The molecular weight excluding hydrogens is 513 g/mol. The van der Waals surface area contributed by atoms with Gasteiger partial charge in [-0.3, -0.25) is 4.79 Å². The van der Waals surface area contributed by atoms with Gasteiger partial charge in [0.25, 0.3) is 0 Å². The molecule has 2 N–H and O–H groups in total. The van der Waals surface area contributed by atoms with Crippen molar-refractivity contribution in [2.75, 3.05) is 0 Å². The van der Waals surface area contributed by atoms with Crippen molar-refractivity contribution in [2.45, 2.75) is 6.04 Å². The van der Waals surface area contributed by atoms with Gasteiger partial charge in [-0.1, -0.05) is 18.2 Å². The van der Waals surface area contributed by atoms with Crippen LogP contribution in [0.2, 0.25) is 0 Å². The van der Waals surface area contributed by atoms with Gasteiger partial charge in [-0.15, -0.1) is 0 Å². The number of phenols is 1. The highest BCUT2D eigenvalue weighted by Crippen LogP contribution is 2.36. The van der Waals surface area contributed by atoms with E-state index in [-0.39, 0.29) is 23.6 Å². The van der Waals surface area contributed by atoms with Crippen molar-refractivity contribution in [1.82, 2.24) is 5.32 Å². The zero-order valence-electron chi connectivity index (χ0n) is 10.6. The highest BCUT2D eigenvalue weighted by atomic mass is 127. The molecule has 2 atom stereocenters. The number of benzene rings is 1. The van der Waals surface area contributed by atoms with E-state index in [9.17, 15) is 9.90 Å². The van der Waals surface area contributed by atoms with Crippen molar-refractivity contribution < 1.29 is 9.90 Å². The van der Waals surface area contributed by atoms with Crippen LogP contribution in [-0.2, 0) is 4.79 Å². The minimum Gasteiger partial charge on any atom is -0.506 e. The molecule has 108 valence electrons. The molecule has 0 aromatic heterocycles. The Balaban J connectivity index is 2.03. The molecule has 1 aliphatic carbocycles. The number of hydrogen-bond donors (Lipinski definition) is 2. The maximum absolute atomic E-state index is 12.2. The molecule has 1 aromatic rings. The van der Waals surface area contributed by atoms with Crippen LogP contribution in [0, 0.1) is 5.92 Å². The first-order valence-corrected chi connectivity index (χ1v) is 8.88. The lowest BCUT2D eigenvalue weighted by atomic mass is 9.91. The molecule has 0 saturated carbocycles. The molecule has 2 unspecified atom stereocenters. The molecule has 3 rings (SSSR count). The molecule has 1 heterocycles. The third kappa shape index (κ3) is 2.98. The Morgan fingerprint density at radius 1 is 1.29 bits per heavy atom. The number of nitrogens with one attached hydrogen (secondary N) is 1. The Labute approximate surface area is 152 Å². The van der Waals surface area contributed by atoms with Crippen LogP contribution in [0.4, 0.5) is 0 Å². The van der Waals surface area contributed by atoms with Crippen LogP contribution in [0.15, 0.2) is 48.5 Å². The predicted molar refractivity (Wildman–Crippen MR) is 98.1 cm³/mol. The summed E-state index contributed by atoms with van der Waals surface area (Å²) in [5, 5.41) is 12.7. The standard InChI is InChI=1S/C15H10Br2INO2/c16-11-4-7(5-12(17)14(11)20)3-10-9-6-8(18)1-2-13(9)19-15(10)21/h1-6,9,13,20H,(H,19,21)/b10-3-. The topological polar surface area (TPSA) is 49.3 Å². The zero-order chi connectivity index (χ0) is 15.1. The lowest BCUT2D eigenvalue weighted by Gasteiger charge is -2.16. The molecule has 1 aliphatic heterocycles. The molecule has 0 radical (unpaired) electrons. The van der Waals surface area contributed by atoms with Gasteiger partial charge in [0.15, 0.2) is 0 Å². The Morgan fingerprint density at radius 2 is 1.95 bits per heavy atom. The van der Waals surface area contributed by atoms with E-state index in [2.05, 4.69) is 65.8 Å². The summed E-state index contributed by atoms with van der Waals surface area (Å²) < 4.78 is 2.31. The normalized spacial score (nSPS) is 25.8. The zero-order valence-corrected chi connectivity index (χ0v) is 15.9. The molecule has 2 aliphatic rings. The Morgan fingerprint density at radius 3 is 2.62 bits per heavy atom. The van der Waals surface area contributed by atoms with E-state index in [1.165, 1.54) is 0 Å². The number of aromatic hydroxyl groups is 1. The van der Waals surface area contributed by atoms with Gasteiger partial charge in [0.1, 0.15) is 5.75 Å². The summed E-state index contributed by atoms with van der Waals surface area (Å²) in [5.74, 6) is 0.166. The van der Waals surface area contributed by atoms with Crippen molar-refractivity contribution in [3.05, 3.63) is 54.0 Å². The second kappa shape index (κ2) is 5.89. The smallest absolute Gasteiger partial charge is 0.248 e. The lowest BCUT2D eigenvalue weighted by molar-refractivity contribution is -0.116. The Kier molecular flexibility index (Phi) is 4.29. The lowest BCUT2D eigenvalue weighted by Crippen LogP contribution is -2.27. The largest absolute Gasteiger partial charge is 0.506 e. The molecule has 21 heavy (non-hydrogen) atoms. The van der Waals surface area contributed by atoms with E-state index in [0.717, 1.165) is 14.7 Å². The first-order valence-electron chi connectivity index (χ1n) is 6.21. The molecule has 1 aromatic carbocycles. The second-order valence-corrected chi connectivity index (χ2v) is 7.82. The van der Waals surface area contributed by atoms with Crippen molar-refractivity contribution in [1.29, 1.82) is 0 Å². The van der Waals surface area contributed by atoms with Crippen LogP contribution in [0.25, 0.3) is 6.08 Å². The van der Waals surface area contributed by atoms with Gasteiger partial charge < -0.3 is 10.4 Å². The monoisotopic (exact) mass is 521 g/mol. The van der Waals surface area contributed by atoms with Crippen LogP contribution in [0.3, 0.4) is 0 Å². The van der Waals surface area contributed by atoms with Crippen LogP contribution in [0.5, 0.6) is 5.75 Å². The number of phenolic OH excluding ortho intramolecular Hbond substituents is 1. The fourth-order valence-corrected chi connectivity index (χ4v) is 4.28. The summed E-state index contributed by atoms with van der Waals surface area (Å²) in [5.41, 5.74) is 1.60. The number of fused-ring (bicyclic) bond motifs is 1. The molecule has 6 heteroatoms. The average molecular weight is 523 g/mol. The van der Waals surface area contributed by atoms with E-state index in [0.29, 0.717) is 8.95 Å². The SMILES string of the molecule is O=C1NC2C=CC(I)=CC2/C1=C/c1cc(Br)c(O)c(Br)c1. The van der Waals surface area contributed by atoms with Gasteiger partial charge in [-0.05, 0) is 78.2 Å². The number of rotatable bonds is 1. The highest BCUT2D eigenvalue weighted by Gasteiger charge is 2.35. The quantitative estimate of drug-likeness (QED) is 0.427. The van der Waals surface area contributed by atoms with E-state index in [4.69, 9.17) is 0 Å². The van der Waals surface area contributed by atoms with Crippen LogP contribution in [-0.4, -0.2) is 17.1 Å². The van der Waals surface area contributed by atoms with Gasteiger partial charge in [-0.2, -0.15) is 0 Å². The number of amides is 1. The summed E-state index contributed by atoms with van der Waals surface area (Å²) in [7, 11) is 0. The van der Waals surface area contributed by atoms with Crippen molar-refractivity contribution in [3.8, 4) is 5.75 Å². The Hall–Kier alpha value is -0.600. The van der Waals surface area contributed by atoms with E-state index in [1.54, 1.807) is 12.1 Å². The number of allylic oxidation sites excluding steroid dienone is 2. The number of halogens is 3. The fraction of sp³-hybridized carbons (Fsp3) is 0.133. The first kappa shape index (κ1) is 15.3. The molecule has 1 amide bonds. The molecule has 3 nitrogen and oxygen atoms in total. The van der Waals surface area contributed by atoms with Crippen molar-refractivity contribution in [3.63, 3.8) is 0 Å². The van der Waals surface area contributed by atoms with E-state index in [1.807, 2.05) is 18.2 Å². The van der Waals surface area contributed by atoms with Gasteiger partial charge in [0, 0.05) is 15.1 Å². The third-order valence-corrected chi connectivity index (χ3v) is 5.40. The first-order chi connectivity index (χ1) is 9.95. The van der Waals surface area contributed by atoms with Crippen LogP contribution < -0.4 is 5.32 Å². The maximum Gasteiger partial charge on any atom is 0.248 e. The summed E-state index contributed by atoms with van der Waals surface area (Å²) in [6.07, 6.45) is 8.00. The minimum atomic E-state index is -0.0441. The number of carbonyl (C=O) groups is 1. The summed E-state index contributed by atoms with van der Waals surface area (Å²) >= 11 is 8.87. The van der Waals surface area contributed by atoms with Crippen LogP contribution in [0.1, 0.15) is 5.56 Å². The molecule has 1 fully saturated rings. The number of carbonyl (C=O) groups excluding carboxylic acids is 1. The van der Waals surface area contributed by atoms with Crippen LogP contribution >= 0.6 is 54.5 Å². The van der Waals surface area contributed by atoms with Gasteiger partial charge >= 0.3 is 0 Å². The van der Waals surface area contributed by atoms with Crippen molar-refractivity contribution in [2.24, 2.45) is 5.92 Å². The fourth-order valence-electron chi connectivity index (χ4n) is 2.46. The summed E-state index contributed by atoms with van der Waals surface area (Å²) in [6, 6.07) is 3.62. The number of hydrogen-bond acceptors (Lipinski definition) is 2. The Bertz CT molecular complexity index is 701. The molecular formula is C15H10Br2INO2. The van der Waals surface area contributed by atoms with Gasteiger partial charge in [0.05, 0.1) is 15.0 Å². The summed E-state index contributed by atoms with van der Waals surface area (Å²) in [6.45, 7) is 0. The molecule has 0 spiro atoms. The van der Waals surface area contributed by atoms with Gasteiger partial charge in [0.2, 0.25) is 5.91 Å². The summed E-state index contributed by atoms with van der Waals surface area (Å²) in [4.78, 5) is 12.2. The molecule has 0 bridgehead atoms. The predicted octanol–water partition coefficient (Wildman–Crippen LogP) is 4.30. The average Bonchev–Trinajstić information content (AvgIpc) is 2.72. The van der Waals surface area contributed by atoms with E-state index < -0.39 is 0 Å². The minimum absolute atomic E-state index is 0.0336. The third-order valence-electron chi connectivity index (χ3n) is 3.47. The maximum atomic E-state index is 12.2. The van der Waals surface area contributed by atoms with Gasteiger partial charge in [-0.25, -0.2) is 0 Å². The highest BCUT2D eigenvalue weighted by molar-refractivity contribution is 14.1. The molecule has 1 saturated heterocycles.